The summed E-state index contributed by atoms with van der Waals surface area (Å²) in [5, 5.41) is 0.444. The van der Waals surface area contributed by atoms with E-state index < -0.39 is 10.0 Å². The van der Waals surface area contributed by atoms with Crippen molar-refractivity contribution in [3.63, 3.8) is 0 Å². The first kappa shape index (κ1) is 23.2. The van der Waals surface area contributed by atoms with Gasteiger partial charge in [0.1, 0.15) is 16.7 Å². The summed E-state index contributed by atoms with van der Waals surface area (Å²) in [6.07, 6.45) is 4.85. The summed E-state index contributed by atoms with van der Waals surface area (Å²) in [6.45, 7) is 5.48. The van der Waals surface area contributed by atoms with Crippen LogP contribution in [0.1, 0.15) is 5.69 Å². The van der Waals surface area contributed by atoms with E-state index in [9.17, 15) is 8.42 Å². The molecule has 0 aliphatic carbocycles. The number of ether oxygens (including phenoxy) is 1. The number of imidazole rings is 1. The van der Waals surface area contributed by atoms with Gasteiger partial charge in [-0.05, 0) is 12.1 Å². The number of aromatic nitrogens is 4. The molecule has 182 valence electrons. The minimum absolute atomic E-state index is 0.426. The topological polar surface area (TPSA) is 122 Å². The van der Waals surface area contributed by atoms with Crippen LogP contribution in [0.4, 0.5) is 11.6 Å². The Morgan fingerprint density at radius 2 is 1.82 bits per heavy atom. The Balaban J connectivity index is 1.49. The molecule has 0 unspecified atom stereocenters. The zero-order valence-electron chi connectivity index (χ0n) is 18.9. The maximum Gasteiger partial charge on any atom is 0.211 e. The molecule has 11 nitrogen and oxygen atoms in total. The minimum Gasteiger partial charge on any atom is -0.384 e. The number of sulfonamides is 1. The normalized spacial score (nSPS) is 18.6. The van der Waals surface area contributed by atoms with E-state index in [0.29, 0.717) is 81.3 Å². The summed E-state index contributed by atoms with van der Waals surface area (Å²) in [5.74, 6) is 1.17. The molecule has 3 aromatic rings. The van der Waals surface area contributed by atoms with E-state index in [1.54, 1.807) is 12.3 Å². The molecule has 2 aliphatic heterocycles. The molecule has 0 saturated carbocycles. The Bertz CT molecular complexity index is 1280. The van der Waals surface area contributed by atoms with Gasteiger partial charge in [0.2, 0.25) is 10.0 Å². The van der Waals surface area contributed by atoms with E-state index in [4.69, 9.17) is 32.0 Å². The number of morpholine rings is 1. The highest BCUT2D eigenvalue weighted by Gasteiger charge is 2.26. The lowest BCUT2D eigenvalue weighted by molar-refractivity contribution is 0.122. The number of nitrogens with two attached hydrogens (primary N) is 1. The Hall–Kier alpha value is -2.51. The Labute approximate surface area is 203 Å². The van der Waals surface area contributed by atoms with Crippen molar-refractivity contribution in [1.29, 1.82) is 0 Å². The van der Waals surface area contributed by atoms with E-state index in [2.05, 4.69) is 14.8 Å². The smallest absolute Gasteiger partial charge is 0.211 e. The molecule has 0 atom stereocenters. The lowest BCUT2D eigenvalue weighted by Gasteiger charge is -2.32. The van der Waals surface area contributed by atoms with Gasteiger partial charge < -0.3 is 15.4 Å². The third-order valence-corrected chi connectivity index (χ3v) is 7.80. The van der Waals surface area contributed by atoms with Crippen LogP contribution in [0.15, 0.2) is 24.5 Å². The first-order valence-corrected chi connectivity index (χ1v) is 13.3. The van der Waals surface area contributed by atoms with Gasteiger partial charge in [0, 0.05) is 63.8 Å². The summed E-state index contributed by atoms with van der Waals surface area (Å²) >= 11 is 6.82. The zero-order chi connectivity index (χ0) is 23.9. The van der Waals surface area contributed by atoms with Crippen LogP contribution in [-0.2, 0) is 21.3 Å². The standard InChI is InChI=1S/C21H27ClN8O3S/c1-34(31,32)29-6-4-27(5-7-29)13-16-14-30-19(22)18(15-2-3-17(23)24-12-15)26-20(21(30)25-16)28-8-10-33-11-9-28/h2-3,12,14H,4-11,13H2,1H3,(H2,23,24). The summed E-state index contributed by atoms with van der Waals surface area (Å²) in [4.78, 5) is 18.3. The Morgan fingerprint density at radius 3 is 2.47 bits per heavy atom. The molecular formula is C21H27ClN8O3S. The van der Waals surface area contributed by atoms with Gasteiger partial charge in [-0.1, -0.05) is 11.6 Å². The maximum absolute atomic E-state index is 11.8. The fourth-order valence-corrected chi connectivity index (χ4v) is 5.40. The lowest BCUT2D eigenvalue weighted by Crippen LogP contribution is -2.47. The fourth-order valence-electron chi connectivity index (χ4n) is 4.29. The third kappa shape index (κ3) is 4.68. The molecule has 0 amide bonds. The highest BCUT2D eigenvalue weighted by atomic mass is 35.5. The van der Waals surface area contributed by atoms with Gasteiger partial charge in [0.05, 0.1) is 25.2 Å². The van der Waals surface area contributed by atoms with Crippen LogP contribution in [0.2, 0.25) is 5.15 Å². The second kappa shape index (κ2) is 9.27. The van der Waals surface area contributed by atoms with Crippen molar-refractivity contribution in [3.8, 4) is 11.3 Å². The Morgan fingerprint density at radius 1 is 1.09 bits per heavy atom. The molecule has 2 N–H and O–H groups in total. The average Bonchev–Trinajstić information content (AvgIpc) is 3.25. The van der Waals surface area contributed by atoms with Crippen molar-refractivity contribution in [2.75, 3.05) is 69.4 Å². The van der Waals surface area contributed by atoms with Crippen LogP contribution < -0.4 is 10.6 Å². The van der Waals surface area contributed by atoms with Gasteiger partial charge in [-0.2, -0.15) is 4.31 Å². The molecule has 13 heteroatoms. The molecule has 0 bridgehead atoms. The summed E-state index contributed by atoms with van der Waals surface area (Å²) < 4.78 is 32.5. The van der Waals surface area contributed by atoms with Crippen LogP contribution in [0.5, 0.6) is 0 Å². The number of pyridine rings is 1. The van der Waals surface area contributed by atoms with Gasteiger partial charge >= 0.3 is 0 Å². The van der Waals surface area contributed by atoms with Crippen molar-refractivity contribution in [1.82, 2.24) is 28.6 Å². The van der Waals surface area contributed by atoms with Crippen LogP contribution in [-0.4, -0.2) is 95.7 Å². The molecule has 2 saturated heterocycles. The number of halogens is 1. The molecule has 3 aromatic heterocycles. The number of fused-ring (bicyclic) bond motifs is 1. The number of nitrogens with zero attached hydrogens (tertiary/aromatic N) is 7. The SMILES string of the molecule is CS(=O)(=O)N1CCN(Cc2cn3c(Cl)c(-c4ccc(N)nc4)nc(N4CCOCC4)c3n2)CC1. The first-order chi connectivity index (χ1) is 16.3. The molecule has 34 heavy (non-hydrogen) atoms. The minimum atomic E-state index is -3.17. The van der Waals surface area contributed by atoms with Gasteiger partial charge in [0.25, 0.3) is 0 Å². The second-order valence-corrected chi connectivity index (χ2v) is 10.9. The van der Waals surface area contributed by atoms with E-state index in [0.717, 1.165) is 17.1 Å². The predicted octanol–water partition coefficient (Wildman–Crippen LogP) is 0.941. The number of nitrogen functional groups attached to an aromatic ring is 1. The molecule has 2 aliphatic rings. The van der Waals surface area contributed by atoms with E-state index >= 15 is 0 Å². The van der Waals surface area contributed by atoms with Crippen LogP contribution in [0.25, 0.3) is 16.9 Å². The zero-order valence-corrected chi connectivity index (χ0v) is 20.5. The molecule has 5 heterocycles. The first-order valence-electron chi connectivity index (χ1n) is 11.1. The summed E-state index contributed by atoms with van der Waals surface area (Å²) in [6, 6.07) is 3.58. The third-order valence-electron chi connectivity index (χ3n) is 6.14. The van der Waals surface area contributed by atoms with Gasteiger partial charge in [0.15, 0.2) is 11.5 Å². The monoisotopic (exact) mass is 506 g/mol. The molecule has 0 aromatic carbocycles. The van der Waals surface area contributed by atoms with Crippen molar-refractivity contribution >= 4 is 38.9 Å². The largest absolute Gasteiger partial charge is 0.384 e. The van der Waals surface area contributed by atoms with Gasteiger partial charge in [-0.15, -0.1) is 0 Å². The molecule has 5 rings (SSSR count). The molecule has 0 radical (unpaired) electrons. The quantitative estimate of drug-likeness (QED) is 0.538. The van der Waals surface area contributed by atoms with E-state index in [1.165, 1.54) is 10.6 Å². The molecule has 0 spiro atoms. The average molecular weight is 507 g/mol. The predicted molar refractivity (Wildman–Crippen MR) is 130 cm³/mol. The number of hydrogen-bond donors (Lipinski definition) is 1. The highest BCUT2D eigenvalue weighted by Crippen LogP contribution is 2.32. The van der Waals surface area contributed by atoms with Crippen molar-refractivity contribution < 1.29 is 13.2 Å². The number of hydrogen-bond acceptors (Lipinski definition) is 9. The number of piperazine rings is 1. The lowest BCUT2D eigenvalue weighted by atomic mass is 10.2. The van der Waals surface area contributed by atoms with Crippen LogP contribution >= 0.6 is 11.6 Å². The second-order valence-electron chi connectivity index (χ2n) is 8.51. The summed E-state index contributed by atoms with van der Waals surface area (Å²) in [7, 11) is -3.17. The van der Waals surface area contributed by atoms with Gasteiger partial charge in [-0.3, -0.25) is 9.30 Å². The summed E-state index contributed by atoms with van der Waals surface area (Å²) in [5.41, 5.74) is 8.66. The van der Waals surface area contributed by atoms with E-state index in [1.807, 2.05) is 16.7 Å². The number of anilines is 2. The highest BCUT2D eigenvalue weighted by molar-refractivity contribution is 7.88. The van der Waals surface area contributed by atoms with E-state index in [-0.39, 0.29) is 0 Å². The van der Waals surface area contributed by atoms with Crippen LogP contribution in [0.3, 0.4) is 0 Å². The number of rotatable bonds is 5. The molecular weight excluding hydrogens is 480 g/mol. The fraction of sp³-hybridized carbons (Fsp3) is 0.476. The molecule has 2 fully saturated rings. The van der Waals surface area contributed by atoms with Crippen molar-refractivity contribution in [2.45, 2.75) is 6.54 Å². The van der Waals surface area contributed by atoms with Crippen molar-refractivity contribution in [2.24, 2.45) is 0 Å². The van der Waals surface area contributed by atoms with Crippen LogP contribution in [0, 0.1) is 0 Å². The maximum atomic E-state index is 11.8. The Kier molecular flexibility index (Phi) is 6.34. The van der Waals surface area contributed by atoms with Crippen molar-refractivity contribution in [3.05, 3.63) is 35.4 Å². The van der Waals surface area contributed by atoms with Gasteiger partial charge in [-0.25, -0.2) is 23.4 Å².